The van der Waals surface area contributed by atoms with Crippen molar-refractivity contribution in [1.29, 1.82) is 0 Å². The average molecular weight is 767 g/mol. The Hall–Kier alpha value is -3.63. The number of carbonyl (C=O) groups is 7. The number of hydrogen-bond donors (Lipinski definition) is 1. The van der Waals surface area contributed by atoms with Crippen molar-refractivity contribution in [2.24, 2.45) is 39.4 Å². The fourth-order valence-electron chi connectivity index (χ4n) is 12.1. The summed E-state index contributed by atoms with van der Waals surface area (Å²) < 4.78 is 47.2. The van der Waals surface area contributed by atoms with Crippen molar-refractivity contribution in [2.75, 3.05) is 20.8 Å². The Labute approximate surface area is 314 Å². The first-order chi connectivity index (χ1) is 24.9. The maximum Gasteiger partial charge on any atom is 0.341 e. The summed E-state index contributed by atoms with van der Waals surface area (Å²) in [6.45, 7) is 13.4. The molecule has 0 radical (unpaired) electrons. The summed E-state index contributed by atoms with van der Waals surface area (Å²) in [5.74, 6) is -8.08. The molecule has 0 aromatic carbocycles. The van der Waals surface area contributed by atoms with Gasteiger partial charge in [0.05, 0.1) is 24.7 Å². The zero-order valence-corrected chi connectivity index (χ0v) is 33.1. The normalized spacial score (nSPS) is 45.1. The zero-order chi connectivity index (χ0) is 40.7. The van der Waals surface area contributed by atoms with Gasteiger partial charge in [0.25, 0.3) is 0 Å². The molecule has 4 aliphatic carbocycles. The van der Waals surface area contributed by atoms with Crippen LogP contribution in [0, 0.1) is 39.4 Å². The van der Waals surface area contributed by atoms with Crippen LogP contribution in [-0.2, 0) is 71.5 Å². The van der Waals surface area contributed by atoms with Gasteiger partial charge < -0.3 is 43.0 Å². The predicted molar refractivity (Wildman–Crippen MR) is 182 cm³/mol. The van der Waals surface area contributed by atoms with Crippen molar-refractivity contribution in [1.82, 2.24) is 0 Å². The highest BCUT2D eigenvalue weighted by Gasteiger charge is 2.91. The molecule has 0 bridgehead atoms. The van der Waals surface area contributed by atoms with E-state index in [0.29, 0.717) is 0 Å². The predicted octanol–water partition coefficient (Wildman–Crippen LogP) is 2.02. The quantitative estimate of drug-likeness (QED) is 0.202. The molecule has 5 rings (SSSR count). The van der Waals surface area contributed by atoms with E-state index < -0.39 is 135 Å². The fourth-order valence-corrected chi connectivity index (χ4v) is 12.1. The molecule has 0 aromatic heterocycles. The van der Waals surface area contributed by atoms with Gasteiger partial charge in [0.2, 0.25) is 5.60 Å². The minimum absolute atomic E-state index is 0.0256. The smallest absolute Gasteiger partial charge is 0.341 e. The van der Waals surface area contributed by atoms with Gasteiger partial charge in [0.15, 0.2) is 18.0 Å². The Morgan fingerprint density at radius 3 is 1.87 bits per heavy atom. The number of ether oxygens (including phenoxy) is 8. The summed E-state index contributed by atoms with van der Waals surface area (Å²) >= 11 is 0. The first-order valence-electron chi connectivity index (χ1n) is 18.3. The number of esters is 6. The van der Waals surface area contributed by atoms with Crippen LogP contribution in [0.2, 0.25) is 0 Å². The van der Waals surface area contributed by atoms with E-state index in [1.165, 1.54) is 21.1 Å². The number of epoxide rings is 1. The van der Waals surface area contributed by atoms with E-state index in [0.717, 1.165) is 34.6 Å². The van der Waals surface area contributed by atoms with E-state index in [1.54, 1.807) is 20.8 Å². The second kappa shape index (κ2) is 13.5. The Morgan fingerprint density at radius 1 is 0.833 bits per heavy atom. The third-order valence-corrected chi connectivity index (χ3v) is 13.8. The molecule has 5 fully saturated rings. The van der Waals surface area contributed by atoms with E-state index in [-0.39, 0.29) is 19.3 Å². The maximum atomic E-state index is 15.6. The first-order valence-corrected chi connectivity index (χ1v) is 18.3. The van der Waals surface area contributed by atoms with Crippen LogP contribution in [0.4, 0.5) is 0 Å². The maximum absolute atomic E-state index is 15.6. The molecule has 0 amide bonds. The second-order valence-electron chi connectivity index (χ2n) is 16.6. The van der Waals surface area contributed by atoms with Gasteiger partial charge in [-0.15, -0.1) is 0 Å². The van der Waals surface area contributed by atoms with Gasteiger partial charge >= 0.3 is 35.8 Å². The van der Waals surface area contributed by atoms with Crippen LogP contribution < -0.4 is 0 Å². The molecular formula is C38H54O16. The van der Waals surface area contributed by atoms with Crippen LogP contribution in [0.15, 0.2) is 0 Å². The van der Waals surface area contributed by atoms with Crippen molar-refractivity contribution in [2.45, 2.75) is 136 Å². The van der Waals surface area contributed by atoms with E-state index in [1.807, 2.05) is 6.92 Å². The van der Waals surface area contributed by atoms with Crippen LogP contribution in [0.5, 0.6) is 0 Å². The lowest BCUT2D eigenvalue weighted by Gasteiger charge is -2.73. The second-order valence-corrected chi connectivity index (χ2v) is 16.6. The van der Waals surface area contributed by atoms with Gasteiger partial charge in [-0.1, -0.05) is 20.8 Å². The highest BCUT2D eigenvalue weighted by molar-refractivity contribution is 5.94. The number of rotatable bonds is 9. The van der Waals surface area contributed by atoms with Gasteiger partial charge in [-0.25, -0.2) is 4.79 Å². The van der Waals surface area contributed by atoms with Gasteiger partial charge in [-0.3, -0.25) is 28.8 Å². The third kappa shape index (κ3) is 5.35. The van der Waals surface area contributed by atoms with E-state index in [4.69, 9.17) is 37.9 Å². The van der Waals surface area contributed by atoms with Crippen molar-refractivity contribution in [3.05, 3.63) is 0 Å². The van der Waals surface area contributed by atoms with Gasteiger partial charge in [-0.2, -0.15) is 0 Å². The summed E-state index contributed by atoms with van der Waals surface area (Å²) in [6.07, 6.45) is -8.20. The van der Waals surface area contributed by atoms with Crippen molar-refractivity contribution < 1.29 is 76.6 Å². The Kier molecular flexibility index (Phi) is 10.4. The van der Waals surface area contributed by atoms with Crippen LogP contribution in [0.3, 0.4) is 0 Å². The standard InChI is InChI=1S/C38H54O16/c1-17-15-37(46)24-13-14-33(8)26(25(50-20(4)40)28(51-21(5)41)36(16-47-11,31(33)44)18(2)49-19(3)39)34(24,9)29(52-22(6)42)30(53-23(7)43)35(37,10)38(27(17)54-38)32(45)48-12/h17-18,24-30,46H,13-16H2,1-12H3/t17-,18?,24+,25-,26-,27?,28-,29+,30-,33+,34-,35+,36-,37+,38-/m0/s1. The molecule has 1 saturated heterocycles. The number of aliphatic hydroxyl groups is 1. The number of fused-ring (bicyclic) bond motifs is 7. The number of carbonyl (C=O) groups excluding carboxylic acids is 7. The van der Waals surface area contributed by atoms with E-state index >= 15 is 4.79 Å². The molecule has 15 atom stereocenters. The highest BCUT2D eigenvalue weighted by atomic mass is 16.7. The monoisotopic (exact) mass is 766 g/mol. The molecule has 0 aromatic rings. The van der Waals surface area contributed by atoms with Crippen LogP contribution in [0.25, 0.3) is 0 Å². The third-order valence-electron chi connectivity index (χ3n) is 13.8. The molecule has 1 aliphatic heterocycles. The molecule has 1 heterocycles. The Balaban J connectivity index is 1.90. The SMILES string of the molecule is COC[C@@]1(C(C)OC(C)=O)C(=O)[C@]2(C)CC[C@@H]3[C@](C)([C@H](OC(C)=O)[C@H](OC(C)=O)[C@@]4(C)[C@]5(C(=O)OC)OC5[C@@H](C)C[C@@]34O)[C@H]2[C@H](OC(C)=O)[C@@H]1OC(C)=O. The van der Waals surface area contributed by atoms with Crippen molar-refractivity contribution in [3.8, 4) is 0 Å². The fraction of sp³-hybridized carbons (Fsp3) is 0.816. The highest BCUT2D eigenvalue weighted by Crippen LogP contribution is 2.77. The molecule has 16 heteroatoms. The summed E-state index contributed by atoms with van der Waals surface area (Å²) in [5, 5.41) is 13.5. The zero-order valence-electron chi connectivity index (χ0n) is 33.1. The Bertz CT molecular complexity index is 1630. The molecule has 4 saturated carbocycles. The first kappa shape index (κ1) is 41.5. The molecule has 54 heavy (non-hydrogen) atoms. The molecular weight excluding hydrogens is 712 g/mol. The Morgan fingerprint density at radius 2 is 1.37 bits per heavy atom. The van der Waals surface area contributed by atoms with Crippen molar-refractivity contribution >= 4 is 41.6 Å². The average Bonchev–Trinajstić information content (AvgIpc) is 3.82. The molecule has 0 spiro atoms. The lowest BCUT2D eigenvalue weighted by atomic mass is 9.32. The van der Waals surface area contributed by atoms with Crippen LogP contribution >= 0.6 is 0 Å². The number of methoxy groups -OCH3 is 2. The van der Waals surface area contributed by atoms with Crippen LogP contribution in [-0.4, -0.2) is 115 Å². The van der Waals surface area contributed by atoms with E-state index in [2.05, 4.69) is 0 Å². The topological polar surface area (TPSA) is 217 Å². The molecule has 1 N–H and O–H groups in total. The summed E-state index contributed by atoms with van der Waals surface area (Å²) in [7, 11) is 2.50. The molecule has 16 nitrogen and oxygen atoms in total. The summed E-state index contributed by atoms with van der Waals surface area (Å²) in [4.78, 5) is 94.5. The van der Waals surface area contributed by atoms with Crippen LogP contribution in [0.1, 0.15) is 88.5 Å². The van der Waals surface area contributed by atoms with Gasteiger partial charge in [0.1, 0.15) is 29.8 Å². The number of ketones is 1. The van der Waals surface area contributed by atoms with Gasteiger partial charge in [0, 0.05) is 58.5 Å². The summed E-state index contributed by atoms with van der Waals surface area (Å²) in [6, 6.07) is 0. The molecule has 2 unspecified atom stereocenters. The minimum atomic E-state index is -1.95. The number of hydrogen-bond acceptors (Lipinski definition) is 16. The molecule has 5 aliphatic rings. The lowest BCUT2D eigenvalue weighted by molar-refractivity contribution is -0.346. The number of Topliss-reactive ketones (excluding diaryl/α,β-unsaturated/α-hetero) is 1. The van der Waals surface area contributed by atoms with Gasteiger partial charge in [-0.05, 0) is 44.9 Å². The summed E-state index contributed by atoms with van der Waals surface area (Å²) in [5.41, 5.74) is -10.7. The largest absolute Gasteiger partial charge is 0.467 e. The minimum Gasteiger partial charge on any atom is -0.467 e. The lowest BCUT2D eigenvalue weighted by Crippen LogP contribution is -2.84. The van der Waals surface area contributed by atoms with Crippen molar-refractivity contribution in [3.63, 3.8) is 0 Å². The molecule has 302 valence electrons. The van der Waals surface area contributed by atoms with E-state index in [9.17, 15) is 33.9 Å².